The van der Waals surface area contributed by atoms with Crippen molar-refractivity contribution in [1.29, 1.82) is 5.41 Å². The molecule has 0 bridgehead atoms. The monoisotopic (exact) mass is 547 g/mol. The van der Waals surface area contributed by atoms with Gasteiger partial charge in [-0.25, -0.2) is 9.97 Å². The summed E-state index contributed by atoms with van der Waals surface area (Å²) in [6.45, 7) is 15.0. The van der Waals surface area contributed by atoms with Crippen LogP contribution < -0.4 is 10.1 Å². The molecule has 1 aliphatic heterocycles. The summed E-state index contributed by atoms with van der Waals surface area (Å²) in [7, 11) is 1.68. The fourth-order valence-electron chi connectivity index (χ4n) is 5.21. The summed E-state index contributed by atoms with van der Waals surface area (Å²) < 4.78 is 7.53. The van der Waals surface area contributed by atoms with Gasteiger partial charge in [-0.15, -0.1) is 0 Å². The molecule has 0 aliphatic carbocycles. The second kappa shape index (κ2) is 14.5. The van der Waals surface area contributed by atoms with Crippen LogP contribution in [0, 0.1) is 17.2 Å². The van der Waals surface area contributed by atoms with E-state index in [0.717, 1.165) is 74.0 Å². The minimum Gasteiger partial charge on any atom is -0.497 e. The van der Waals surface area contributed by atoms with Crippen molar-refractivity contribution in [2.24, 2.45) is 11.8 Å². The van der Waals surface area contributed by atoms with Gasteiger partial charge in [0.25, 0.3) is 0 Å². The maximum absolute atomic E-state index is 9.12. The molecule has 0 unspecified atom stereocenters. The van der Waals surface area contributed by atoms with E-state index >= 15 is 0 Å². The average Bonchev–Trinajstić information content (AvgIpc) is 3.29. The third-order valence-corrected chi connectivity index (χ3v) is 7.75. The number of rotatable bonds is 14. The Morgan fingerprint density at radius 2 is 1.60 bits per heavy atom. The second-order valence-electron chi connectivity index (χ2n) is 11.9. The lowest BCUT2D eigenvalue weighted by atomic mass is 10.1. The lowest BCUT2D eigenvalue weighted by molar-refractivity contribution is 0.223. The Balaban J connectivity index is 1.61. The highest BCUT2D eigenvalue weighted by Gasteiger charge is 2.19. The third-order valence-electron chi connectivity index (χ3n) is 7.75. The molecule has 1 fully saturated rings. The molecule has 0 amide bonds. The third kappa shape index (κ3) is 8.19. The molecule has 0 radical (unpaired) electrons. The van der Waals surface area contributed by atoms with Crippen molar-refractivity contribution < 1.29 is 4.74 Å². The van der Waals surface area contributed by atoms with Crippen molar-refractivity contribution in [3.05, 3.63) is 42.1 Å². The number of hydrogen-bond donors (Lipinski definition) is 2. The quantitative estimate of drug-likeness (QED) is 0.171. The van der Waals surface area contributed by atoms with Crippen molar-refractivity contribution in [2.45, 2.75) is 72.8 Å². The molecule has 0 spiro atoms. The first-order chi connectivity index (χ1) is 19.3. The Labute approximate surface area is 240 Å². The second-order valence-corrected chi connectivity index (χ2v) is 11.9. The number of methoxy groups -OCH3 is 1. The highest BCUT2D eigenvalue weighted by Crippen LogP contribution is 2.25. The Hall–Kier alpha value is -3.13. The van der Waals surface area contributed by atoms with Gasteiger partial charge in [-0.2, -0.15) is 0 Å². The summed E-state index contributed by atoms with van der Waals surface area (Å²) in [6.07, 6.45) is 7.11. The van der Waals surface area contributed by atoms with E-state index in [4.69, 9.17) is 20.1 Å². The molecule has 8 nitrogen and oxygen atoms in total. The molecule has 1 saturated heterocycles. The van der Waals surface area contributed by atoms with E-state index in [0.29, 0.717) is 23.4 Å². The Morgan fingerprint density at radius 1 is 0.925 bits per heavy atom. The fourth-order valence-corrected chi connectivity index (χ4v) is 5.21. The van der Waals surface area contributed by atoms with Crippen LogP contribution in [0.4, 0.5) is 11.6 Å². The van der Waals surface area contributed by atoms with Gasteiger partial charge in [0.2, 0.25) is 5.95 Å². The van der Waals surface area contributed by atoms with E-state index in [2.05, 4.69) is 47.4 Å². The van der Waals surface area contributed by atoms with Crippen LogP contribution in [0.3, 0.4) is 0 Å². The number of imidazole rings is 1. The van der Waals surface area contributed by atoms with Crippen molar-refractivity contribution in [2.75, 3.05) is 45.2 Å². The van der Waals surface area contributed by atoms with Crippen molar-refractivity contribution in [3.8, 4) is 5.75 Å². The van der Waals surface area contributed by atoms with E-state index in [9.17, 15) is 0 Å². The van der Waals surface area contributed by atoms with Gasteiger partial charge >= 0.3 is 0 Å². The molecule has 1 aromatic carbocycles. The Bertz CT molecular complexity index is 1200. The molecular formula is C32H49N7O. The van der Waals surface area contributed by atoms with Crippen LogP contribution in [0.15, 0.2) is 36.4 Å². The summed E-state index contributed by atoms with van der Waals surface area (Å²) in [4.78, 5) is 14.8. The van der Waals surface area contributed by atoms with E-state index in [1.54, 1.807) is 7.11 Å². The van der Waals surface area contributed by atoms with Crippen LogP contribution in [0.2, 0.25) is 0 Å². The molecule has 218 valence electrons. The number of piperidine rings is 1. The molecule has 0 atom stereocenters. The van der Waals surface area contributed by atoms with Gasteiger partial charge in [0.1, 0.15) is 22.8 Å². The fraction of sp³-hybridized carbons (Fsp3) is 0.594. The number of nitrogens with one attached hydrogen (secondary N) is 2. The zero-order valence-corrected chi connectivity index (χ0v) is 25.2. The largest absolute Gasteiger partial charge is 0.497 e. The highest BCUT2D eigenvalue weighted by atomic mass is 16.5. The molecule has 1 aliphatic rings. The van der Waals surface area contributed by atoms with Gasteiger partial charge in [-0.3, -0.25) is 9.98 Å². The Kier molecular flexibility index (Phi) is 10.8. The summed E-state index contributed by atoms with van der Waals surface area (Å²) in [6, 6.07) is 11.9. The van der Waals surface area contributed by atoms with Crippen LogP contribution in [0.25, 0.3) is 11.2 Å². The van der Waals surface area contributed by atoms with Crippen LogP contribution >= 0.6 is 0 Å². The summed E-state index contributed by atoms with van der Waals surface area (Å²) in [5.41, 5.74) is 3.36. The Morgan fingerprint density at radius 3 is 2.23 bits per heavy atom. The van der Waals surface area contributed by atoms with Crippen LogP contribution in [-0.2, 0) is 6.54 Å². The van der Waals surface area contributed by atoms with Crippen molar-refractivity contribution in [3.63, 3.8) is 0 Å². The van der Waals surface area contributed by atoms with E-state index < -0.39 is 0 Å². The number of pyridine rings is 1. The first-order valence-electron chi connectivity index (χ1n) is 15.2. The van der Waals surface area contributed by atoms with Crippen LogP contribution in [0.1, 0.15) is 71.9 Å². The van der Waals surface area contributed by atoms with E-state index in [-0.39, 0.29) is 0 Å². The maximum atomic E-state index is 9.12. The van der Waals surface area contributed by atoms with Gasteiger partial charge in [0.15, 0.2) is 5.65 Å². The number of benzene rings is 1. The van der Waals surface area contributed by atoms with Gasteiger partial charge in [-0.05, 0) is 100.0 Å². The number of anilines is 2. The number of nitrogens with zero attached hydrogens (tertiary/aromatic N) is 5. The normalized spacial score (nSPS) is 14.3. The molecule has 3 aromatic rings. The van der Waals surface area contributed by atoms with E-state index in [1.807, 2.05) is 36.4 Å². The lowest BCUT2D eigenvalue weighted by Crippen LogP contribution is -2.34. The number of fused-ring (bicyclic) bond motifs is 1. The molecule has 8 heteroatoms. The zero-order valence-electron chi connectivity index (χ0n) is 25.2. The number of ether oxygens (including phenoxy) is 1. The molecule has 2 aromatic heterocycles. The standard InChI is InChI=1S/C32H49N7O/c1-24(2)16-22-38(23-17-25(3)4)30(33)28-14-15-29-31(35-28)39(21-9-20-37-18-7-6-8-19-37)32(36-29)34-26-10-12-27(40-5)13-11-26/h10-15,24-25,33H,6-9,16-23H2,1-5H3,(H,34,36). The van der Waals surface area contributed by atoms with Crippen molar-refractivity contribution >= 4 is 28.6 Å². The first kappa shape index (κ1) is 29.8. The van der Waals surface area contributed by atoms with E-state index in [1.165, 1.54) is 32.4 Å². The molecule has 0 saturated carbocycles. The topological polar surface area (TPSA) is 82.3 Å². The van der Waals surface area contributed by atoms with Gasteiger partial charge in [-0.1, -0.05) is 34.1 Å². The molecule has 4 rings (SSSR count). The summed E-state index contributed by atoms with van der Waals surface area (Å²) in [5, 5.41) is 12.6. The lowest BCUT2D eigenvalue weighted by Gasteiger charge is -2.27. The molecule has 3 heterocycles. The number of aryl methyl sites for hydroxylation is 1. The van der Waals surface area contributed by atoms with Gasteiger partial charge < -0.3 is 19.9 Å². The maximum Gasteiger partial charge on any atom is 0.209 e. The predicted molar refractivity (Wildman–Crippen MR) is 166 cm³/mol. The number of likely N-dealkylation sites (tertiary alicyclic amines) is 1. The smallest absolute Gasteiger partial charge is 0.209 e. The predicted octanol–water partition coefficient (Wildman–Crippen LogP) is 6.78. The average molecular weight is 548 g/mol. The van der Waals surface area contributed by atoms with Crippen LogP contribution in [-0.4, -0.2) is 70.0 Å². The summed E-state index contributed by atoms with van der Waals surface area (Å²) >= 11 is 0. The zero-order chi connectivity index (χ0) is 28.5. The molecule has 40 heavy (non-hydrogen) atoms. The summed E-state index contributed by atoms with van der Waals surface area (Å²) in [5.74, 6) is 3.31. The number of aromatic nitrogens is 3. The first-order valence-corrected chi connectivity index (χ1v) is 15.2. The highest BCUT2D eigenvalue weighted by molar-refractivity contribution is 5.96. The van der Waals surface area contributed by atoms with Crippen molar-refractivity contribution in [1.82, 2.24) is 24.3 Å². The molecule has 2 N–H and O–H groups in total. The number of hydrogen-bond acceptors (Lipinski definition) is 6. The van der Waals surface area contributed by atoms with Gasteiger partial charge in [0, 0.05) is 25.3 Å². The van der Waals surface area contributed by atoms with Crippen LogP contribution in [0.5, 0.6) is 5.75 Å². The van der Waals surface area contributed by atoms with Gasteiger partial charge in [0.05, 0.1) is 7.11 Å². The molecular weight excluding hydrogens is 498 g/mol. The minimum atomic E-state index is 0.508. The number of amidine groups is 1. The minimum absolute atomic E-state index is 0.508. The SMILES string of the molecule is COc1ccc(Nc2nc3ccc(C(=N)N(CCC(C)C)CCC(C)C)nc3n2CCCN2CCCCC2)cc1.